The lowest BCUT2D eigenvalue weighted by atomic mass is 9.93. The summed E-state index contributed by atoms with van der Waals surface area (Å²) in [6.07, 6.45) is 12.2. The van der Waals surface area contributed by atoms with Crippen LogP contribution in [0.2, 0.25) is 0 Å². The number of aliphatic hydroxyl groups is 1. The lowest BCUT2D eigenvalue weighted by Gasteiger charge is -2.39. The molecule has 0 unspecified atom stereocenters. The molecule has 30 heavy (non-hydrogen) atoms. The number of anilines is 1. The number of nitrogens with one attached hydrogen (secondary N) is 1. The number of fused-ring (bicyclic) bond motifs is 1. The normalized spacial score (nSPS) is 20.2. The van der Waals surface area contributed by atoms with E-state index in [4.69, 9.17) is 5.11 Å². The maximum Gasteiger partial charge on any atom is 0.294 e. The monoisotopic (exact) mass is 412 g/mol. The molecular weight excluding hydrogens is 376 g/mol. The molecule has 2 aliphatic rings. The smallest absolute Gasteiger partial charge is 0.294 e. The molecule has 1 aromatic carbocycles. The van der Waals surface area contributed by atoms with Crippen molar-refractivity contribution in [3.8, 4) is 0 Å². The van der Waals surface area contributed by atoms with Crippen LogP contribution in [0.5, 0.6) is 0 Å². The number of aliphatic hydroxyl groups excluding tert-OH is 1. The van der Waals surface area contributed by atoms with Crippen LogP contribution in [0, 0.1) is 0 Å². The molecule has 1 saturated carbocycles. The van der Waals surface area contributed by atoms with Gasteiger partial charge in [0.2, 0.25) is 0 Å². The molecule has 2 aromatic rings. The molecular formula is C24H36N4O2. The van der Waals surface area contributed by atoms with Gasteiger partial charge in [-0.05, 0) is 44.2 Å². The predicted octanol–water partition coefficient (Wildman–Crippen LogP) is 3.94. The Bertz CT molecular complexity index is 865. The Kier molecular flexibility index (Phi) is 7.39. The van der Waals surface area contributed by atoms with Gasteiger partial charge >= 0.3 is 0 Å². The van der Waals surface area contributed by atoms with Crippen LogP contribution in [0.4, 0.5) is 5.82 Å². The predicted molar refractivity (Wildman–Crippen MR) is 122 cm³/mol. The minimum absolute atomic E-state index is 0.0314. The van der Waals surface area contributed by atoms with Crippen LogP contribution in [0.1, 0.15) is 70.3 Å². The molecule has 4 rings (SSSR count). The van der Waals surface area contributed by atoms with Crippen molar-refractivity contribution in [3.63, 3.8) is 0 Å². The Morgan fingerprint density at radius 2 is 1.67 bits per heavy atom. The highest BCUT2D eigenvalue weighted by atomic mass is 16.3. The molecule has 1 aliphatic carbocycles. The number of para-hydroxylation sites is 2. The number of hydrogen-bond donors (Lipinski definition) is 2. The number of rotatable bonds is 6. The van der Waals surface area contributed by atoms with E-state index < -0.39 is 0 Å². The van der Waals surface area contributed by atoms with Gasteiger partial charge in [0.05, 0.1) is 11.0 Å². The Morgan fingerprint density at radius 3 is 2.40 bits per heavy atom. The van der Waals surface area contributed by atoms with Crippen molar-refractivity contribution in [2.75, 3.05) is 31.6 Å². The van der Waals surface area contributed by atoms with E-state index in [1.54, 1.807) is 0 Å². The van der Waals surface area contributed by atoms with Crippen molar-refractivity contribution in [2.24, 2.45) is 0 Å². The van der Waals surface area contributed by atoms with E-state index in [2.05, 4.69) is 15.2 Å². The first-order chi connectivity index (χ1) is 14.8. The maximum absolute atomic E-state index is 13.3. The first kappa shape index (κ1) is 21.3. The highest BCUT2D eigenvalue weighted by Crippen LogP contribution is 2.29. The lowest BCUT2D eigenvalue weighted by Crippen LogP contribution is -2.43. The van der Waals surface area contributed by atoms with Gasteiger partial charge in [0.15, 0.2) is 5.82 Å². The quantitative estimate of drug-likeness (QED) is 0.703. The fourth-order valence-electron chi connectivity index (χ4n) is 5.23. The van der Waals surface area contributed by atoms with E-state index in [0.29, 0.717) is 18.8 Å². The highest BCUT2D eigenvalue weighted by Gasteiger charge is 2.28. The third-order valence-corrected chi connectivity index (χ3v) is 6.88. The van der Waals surface area contributed by atoms with Crippen LogP contribution < -0.4 is 10.9 Å². The third kappa shape index (κ3) is 4.86. The van der Waals surface area contributed by atoms with Gasteiger partial charge < -0.3 is 19.9 Å². The molecule has 0 spiro atoms. The molecule has 2 heterocycles. The van der Waals surface area contributed by atoms with Crippen molar-refractivity contribution >= 4 is 16.9 Å². The van der Waals surface area contributed by atoms with Crippen LogP contribution in [0.15, 0.2) is 29.1 Å². The Balaban J connectivity index is 1.53. The van der Waals surface area contributed by atoms with Crippen molar-refractivity contribution in [3.05, 3.63) is 34.6 Å². The van der Waals surface area contributed by atoms with Gasteiger partial charge in [-0.3, -0.25) is 4.79 Å². The Labute approximate surface area is 179 Å². The largest absolute Gasteiger partial charge is 0.396 e. The number of nitrogens with zero attached hydrogens (tertiary/aromatic N) is 3. The zero-order valence-electron chi connectivity index (χ0n) is 18.1. The summed E-state index contributed by atoms with van der Waals surface area (Å²) in [5.41, 5.74) is 1.75. The number of likely N-dealkylation sites (tertiary alicyclic amines) is 1. The van der Waals surface area contributed by atoms with Gasteiger partial charge in [0, 0.05) is 38.3 Å². The number of aromatic nitrogens is 2. The number of hydrogen-bond acceptors (Lipinski definition) is 5. The summed E-state index contributed by atoms with van der Waals surface area (Å²) in [6.45, 7) is 2.81. The van der Waals surface area contributed by atoms with Gasteiger partial charge in [-0.2, -0.15) is 0 Å². The molecule has 0 atom stereocenters. The Morgan fingerprint density at radius 1 is 0.967 bits per heavy atom. The van der Waals surface area contributed by atoms with E-state index >= 15 is 0 Å². The standard InChI is InChI=1S/C24H36N4O2/c29-18-8-15-25-23-24(30)28(22-12-7-6-11-21(22)26-23)20-13-16-27(17-14-20)19-9-4-2-1-3-5-10-19/h6-7,11-12,19-20,29H,1-5,8-10,13-18H2,(H,25,26). The lowest BCUT2D eigenvalue weighted by molar-refractivity contribution is 0.116. The van der Waals surface area contributed by atoms with Crippen molar-refractivity contribution < 1.29 is 5.11 Å². The van der Waals surface area contributed by atoms with Gasteiger partial charge in [0.1, 0.15) is 0 Å². The highest BCUT2D eigenvalue weighted by molar-refractivity contribution is 5.76. The van der Waals surface area contributed by atoms with Gasteiger partial charge in [-0.1, -0.05) is 44.2 Å². The molecule has 1 aliphatic heterocycles. The Hall–Kier alpha value is -1.92. The van der Waals surface area contributed by atoms with Crippen molar-refractivity contribution in [1.82, 2.24) is 14.5 Å². The molecule has 2 N–H and O–H groups in total. The second-order valence-electron chi connectivity index (χ2n) is 8.89. The zero-order valence-corrected chi connectivity index (χ0v) is 18.1. The fourth-order valence-corrected chi connectivity index (χ4v) is 5.23. The van der Waals surface area contributed by atoms with Crippen LogP contribution in [0.3, 0.4) is 0 Å². The molecule has 1 saturated heterocycles. The summed E-state index contributed by atoms with van der Waals surface area (Å²) in [7, 11) is 0. The first-order valence-corrected chi connectivity index (χ1v) is 11.9. The molecule has 6 nitrogen and oxygen atoms in total. The van der Waals surface area contributed by atoms with Gasteiger partial charge in [-0.15, -0.1) is 0 Å². The molecule has 164 valence electrons. The van der Waals surface area contributed by atoms with Crippen LogP contribution in [-0.4, -0.2) is 51.8 Å². The number of benzene rings is 1. The second kappa shape index (κ2) is 10.4. The van der Waals surface area contributed by atoms with Crippen LogP contribution in [-0.2, 0) is 0 Å². The zero-order chi connectivity index (χ0) is 20.8. The van der Waals surface area contributed by atoms with E-state index in [0.717, 1.165) is 43.0 Å². The molecule has 0 amide bonds. The third-order valence-electron chi connectivity index (χ3n) is 6.88. The van der Waals surface area contributed by atoms with Crippen LogP contribution in [0.25, 0.3) is 11.0 Å². The topological polar surface area (TPSA) is 70.4 Å². The molecule has 1 aromatic heterocycles. The van der Waals surface area contributed by atoms with E-state index in [1.807, 2.05) is 28.8 Å². The number of piperidine rings is 1. The van der Waals surface area contributed by atoms with E-state index in [9.17, 15) is 4.79 Å². The second-order valence-corrected chi connectivity index (χ2v) is 8.89. The average Bonchev–Trinajstić information content (AvgIpc) is 2.75. The molecule has 6 heteroatoms. The van der Waals surface area contributed by atoms with E-state index in [1.165, 1.54) is 44.9 Å². The minimum Gasteiger partial charge on any atom is -0.396 e. The van der Waals surface area contributed by atoms with Crippen molar-refractivity contribution in [1.29, 1.82) is 0 Å². The maximum atomic E-state index is 13.3. The summed E-state index contributed by atoms with van der Waals surface area (Å²) >= 11 is 0. The summed E-state index contributed by atoms with van der Waals surface area (Å²) in [6, 6.07) is 8.90. The summed E-state index contributed by atoms with van der Waals surface area (Å²) in [4.78, 5) is 20.6. The molecule has 0 bridgehead atoms. The fraction of sp³-hybridized carbons (Fsp3) is 0.667. The molecule has 0 radical (unpaired) electrons. The summed E-state index contributed by atoms with van der Waals surface area (Å²) < 4.78 is 1.99. The van der Waals surface area contributed by atoms with E-state index in [-0.39, 0.29) is 18.2 Å². The SMILES string of the molecule is O=c1c(NCCCO)nc2ccccc2n1C1CCN(C2CCCCCCC2)CC1. The molecule has 2 fully saturated rings. The van der Waals surface area contributed by atoms with Crippen LogP contribution >= 0.6 is 0 Å². The van der Waals surface area contributed by atoms with Gasteiger partial charge in [0.25, 0.3) is 5.56 Å². The summed E-state index contributed by atoms with van der Waals surface area (Å²) in [5, 5.41) is 12.2. The van der Waals surface area contributed by atoms with Crippen molar-refractivity contribution in [2.45, 2.75) is 76.3 Å². The average molecular weight is 413 g/mol. The first-order valence-electron chi connectivity index (χ1n) is 11.9. The van der Waals surface area contributed by atoms with Gasteiger partial charge in [-0.25, -0.2) is 4.98 Å². The minimum atomic E-state index is -0.0314. The summed E-state index contributed by atoms with van der Waals surface area (Å²) in [5.74, 6) is 0.407.